The Labute approximate surface area is 140 Å². The fourth-order valence-electron chi connectivity index (χ4n) is 3.56. The van der Waals surface area contributed by atoms with Gasteiger partial charge in [-0.15, -0.1) is 12.4 Å². The predicted molar refractivity (Wildman–Crippen MR) is 91.3 cm³/mol. The summed E-state index contributed by atoms with van der Waals surface area (Å²) in [6.45, 7) is 6.36. The number of ether oxygens (including phenoxy) is 1. The molecule has 1 heterocycles. The Bertz CT molecular complexity index is 327. The van der Waals surface area contributed by atoms with Crippen LogP contribution in [0, 0.1) is 0 Å². The molecular weight excluding hydrogens is 302 g/mol. The lowest BCUT2D eigenvalue weighted by molar-refractivity contribution is -0.122. The van der Waals surface area contributed by atoms with Gasteiger partial charge in [-0.25, -0.2) is 0 Å². The first-order chi connectivity index (χ1) is 10.1. The van der Waals surface area contributed by atoms with Crippen molar-refractivity contribution in [1.29, 1.82) is 0 Å². The maximum Gasteiger partial charge on any atom is 0.220 e. The van der Waals surface area contributed by atoms with Gasteiger partial charge < -0.3 is 15.8 Å². The van der Waals surface area contributed by atoms with Gasteiger partial charge in [-0.1, -0.05) is 19.3 Å². The van der Waals surface area contributed by atoms with Crippen LogP contribution in [0.15, 0.2) is 0 Å². The third-order valence-electron chi connectivity index (χ3n) is 4.91. The lowest BCUT2D eigenvalue weighted by atomic mass is 9.79. The van der Waals surface area contributed by atoms with Crippen molar-refractivity contribution in [3.05, 3.63) is 0 Å². The van der Waals surface area contributed by atoms with E-state index in [9.17, 15) is 4.79 Å². The van der Waals surface area contributed by atoms with Crippen LogP contribution < -0.4 is 11.1 Å². The second-order valence-corrected chi connectivity index (χ2v) is 6.68. The number of amides is 1. The number of morpholine rings is 1. The van der Waals surface area contributed by atoms with Crippen LogP contribution in [0.2, 0.25) is 0 Å². The van der Waals surface area contributed by atoms with E-state index in [2.05, 4.69) is 10.2 Å². The minimum atomic E-state index is 0. The van der Waals surface area contributed by atoms with Crippen molar-refractivity contribution in [2.75, 3.05) is 32.8 Å². The van der Waals surface area contributed by atoms with Crippen LogP contribution >= 0.6 is 12.4 Å². The largest absolute Gasteiger partial charge is 0.379 e. The molecule has 2 aliphatic rings. The normalized spacial score (nSPS) is 23.4. The standard InChI is InChI=1S/C16H31N3O2.ClH/c1-14(17)5-6-15(20)18-13-16(7-3-2-4-8-16)19-9-11-21-12-10-19;/h14H,2-13,17H2,1H3,(H,18,20);1H. The van der Waals surface area contributed by atoms with E-state index in [1.807, 2.05) is 6.92 Å². The van der Waals surface area contributed by atoms with E-state index < -0.39 is 0 Å². The van der Waals surface area contributed by atoms with Crippen LogP contribution in [0.4, 0.5) is 0 Å². The molecule has 0 aromatic carbocycles. The van der Waals surface area contributed by atoms with Crippen LogP contribution in [0.3, 0.4) is 0 Å². The second-order valence-electron chi connectivity index (χ2n) is 6.68. The van der Waals surface area contributed by atoms with Gasteiger partial charge in [0.15, 0.2) is 0 Å². The smallest absolute Gasteiger partial charge is 0.220 e. The van der Waals surface area contributed by atoms with E-state index in [0.717, 1.165) is 39.3 Å². The lowest BCUT2D eigenvalue weighted by Gasteiger charge is -2.48. The average Bonchev–Trinajstić information content (AvgIpc) is 2.52. The summed E-state index contributed by atoms with van der Waals surface area (Å²) < 4.78 is 5.48. The third-order valence-corrected chi connectivity index (χ3v) is 4.91. The zero-order chi connectivity index (χ0) is 15.1. The first kappa shape index (κ1) is 19.7. The summed E-state index contributed by atoms with van der Waals surface area (Å²) >= 11 is 0. The molecule has 0 radical (unpaired) electrons. The molecule has 22 heavy (non-hydrogen) atoms. The molecule has 2 rings (SSSR count). The van der Waals surface area contributed by atoms with Crippen LogP contribution in [0.1, 0.15) is 51.9 Å². The number of halogens is 1. The molecule has 0 bridgehead atoms. The van der Waals surface area contributed by atoms with Crippen molar-refractivity contribution in [2.45, 2.75) is 63.5 Å². The van der Waals surface area contributed by atoms with E-state index >= 15 is 0 Å². The fraction of sp³-hybridized carbons (Fsp3) is 0.938. The molecule has 3 N–H and O–H groups in total. The van der Waals surface area contributed by atoms with Gasteiger partial charge in [0.25, 0.3) is 0 Å². The molecule has 1 aliphatic heterocycles. The van der Waals surface area contributed by atoms with Crippen molar-refractivity contribution in [1.82, 2.24) is 10.2 Å². The fourth-order valence-corrected chi connectivity index (χ4v) is 3.56. The van der Waals surface area contributed by atoms with Crippen molar-refractivity contribution in [2.24, 2.45) is 5.73 Å². The molecule has 6 heteroatoms. The number of hydrogen-bond acceptors (Lipinski definition) is 4. The molecule has 0 spiro atoms. The molecule has 1 aliphatic carbocycles. The SMILES string of the molecule is CC(N)CCC(=O)NCC1(N2CCOCC2)CCCCC1.Cl. The van der Waals surface area contributed by atoms with Gasteiger partial charge in [-0.2, -0.15) is 0 Å². The predicted octanol–water partition coefficient (Wildman–Crippen LogP) is 1.69. The van der Waals surface area contributed by atoms with Crippen LogP contribution in [-0.4, -0.2) is 55.2 Å². The first-order valence-electron chi connectivity index (χ1n) is 8.47. The van der Waals surface area contributed by atoms with Gasteiger partial charge >= 0.3 is 0 Å². The molecule has 2 fully saturated rings. The first-order valence-corrected chi connectivity index (χ1v) is 8.47. The third kappa shape index (κ3) is 5.69. The Hall–Kier alpha value is -0.360. The topological polar surface area (TPSA) is 67.6 Å². The Morgan fingerprint density at radius 2 is 1.91 bits per heavy atom. The number of nitrogens with zero attached hydrogens (tertiary/aromatic N) is 1. The quantitative estimate of drug-likeness (QED) is 0.776. The Morgan fingerprint density at radius 1 is 1.27 bits per heavy atom. The summed E-state index contributed by atoms with van der Waals surface area (Å²) in [5, 5.41) is 3.17. The van der Waals surface area contributed by atoms with E-state index in [0.29, 0.717) is 6.42 Å². The van der Waals surface area contributed by atoms with Gasteiger partial charge in [-0.05, 0) is 26.2 Å². The van der Waals surface area contributed by atoms with Gasteiger partial charge in [0, 0.05) is 37.6 Å². The molecular formula is C16H32ClN3O2. The summed E-state index contributed by atoms with van der Waals surface area (Å²) in [6.07, 6.45) is 7.55. The van der Waals surface area contributed by atoms with E-state index in [1.54, 1.807) is 0 Å². The molecule has 1 saturated heterocycles. The highest BCUT2D eigenvalue weighted by Gasteiger charge is 2.38. The molecule has 0 aromatic heterocycles. The van der Waals surface area contributed by atoms with Crippen LogP contribution in [-0.2, 0) is 9.53 Å². The zero-order valence-corrected chi connectivity index (χ0v) is 14.6. The van der Waals surface area contributed by atoms with Crippen molar-refractivity contribution in [3.8, 4) is 0 Å². The highest BCUT2D eigenvalue weighted by atomic mass is 35.5. The average molecular weight is 334 g/mol. The molecule has 130 valence electrons. The summed E-state index contributed by atoms with van der Waals surface area (Å²) in [6, 6.07) is 0.0960. The second kappa shape index (κ2) is 9.71. The minimum absolute atomic E-state index is 0. The lowest BCUT2D eigenvalue weighted by Crippen LogP contribution is -2.59. The van der Waals surface area contributed by atoms with E-state index in [4.69, 9.17) is 10.5 Å². The van der Waals surface area contributed by atoms with Gasteiger partial charge in [-0.3, -0.25) is 9.69 Å². The molecule has 1 atom stereocenters. The van der Waals surface area contributed by atoms with Crippen LogP contribution in [0.5, 0.6) is 0 Å². The number of nitrogens with two attached hydrogens (primary N) is 1. The molecule has 1 saturated carbocycles. The highest BCUT2D eigenvalue weighted by Crippen LogP contribution is 2.33. The Morgan fingerprint density at radius 3 is 2.50 bits per heavy atom. The summed E-state index contributed by atoms with van der Waals surface area (Å²) in [5.41, 5.74) is 5.88. The van der Waals surface area contributed by atoms with Crippen LogP contribution in [0.25, 0.3) is 0 Å². The number of nitrogens with one attached hydrogen (secondary N) is 1. The number of carbonyl (C=O) groups is 1. The van der Waals surface area contributed by atoms with Gasteiger partial charge in [0.05, 0.1) is 13.2 Å². The monoisotopic (exact) mass is 333 g/mol. The van der Waals surface area contributed by atoms with E-state index in [1.165, 1.54) is 32.1 Å². The van der Waals surface area contributed by atoms with Gasteiger partial charge in [0.1, 0.15) is 0 Å². The zero-order valence-electron chi connectivity index (χ0n) is 13.8. The van der Waals surface area contributed by atoms with E-state index in [-0.39, 0.29) is 29.9 Å². The number of hydrogen-bond donors (Lipinski definition) is 2. The highest BCUT2D eigenvalue weighted by molar-refractivity contribution is 5.85. The maximum absolute atomic E-state index is 12.0. The van der Waals surface area contributed by atoms with Crippen molar-refractivity contribution < 1.29 is 9.53 Å². The number of rotatable bonds is 6. The molecule has 0 aromatic rings. The molecule has 1 unspecified atom stereocenters. The summed E-state index contributed by atoms with van der Waals surface area (Å²) in [7, 11) is 0. The summed E-state index contributed by atoms with van der Waals surface area (Å²) in [4.78, 5) is 14.6. The minimum Gasteiger partial charge on any atom is -0.379 e. The van der Waals surface area contributed by atoms with Gasteiger partial charge in [0.2, 0.25) is 5.91 Å². The Balaban J connectivity index is 0.00000242. The summed E-state index contributed by atoms with van der Waals surface area (Å²) in [5.74, 6) is 0.144. The number of carbonyl (C=O) groups excluding carboxylic acids is 1. The maximum atomic E-state index is 12.0. The molecule has 1 amide bonds. The Kier molecular flexibility index (Phi) is 8.69. The molecule has 5 nitrogen and oxygen atoms in total. The van der Waals surface area contributed by atoms with Crippen molar-refractivity contribution >= 4 is 18.3 Å². The van der Waals surface area contributed by atoms with Crippen molar-refractivity contribution in [3.63, 3.8) is 0 Å².